The second-order valence-electron chi connectivity index (χ2n) is 8.66. The van der Waals surface area contributed by atoms with Crippen LogP contribution in [0.25, 0.3) is 0 Å². The van der Waals surface area contributed by atoms with Crippen molar-refractivity contribution in [3.63, 3.8) is 0 Å². The summed E-state index contributed by atoms with van der Waals surface area (Å²) in [5.74, 6) is 0.294. The van der Waals surface area contributed by atoms with E-state index in [0.717, 1.165) is 57.6 Å². The number of likely N-dealkylation sites (tertiary alicyclic amines) is 2. The van der Waals surface area contributed by atoms with Gasteiger partial charge >= 0.3 is 0 Å². The summed E-state index contributed by atoms with van der Waals surface area (Å²) in [6.07, 6.45) is 5.07. The topological polar surface area (TPSA) is 58.4 Å². The summed E-state index contributed by atoms with van der Waals surface area (Å²) in [6.45, 7) is 10.6. The highest BCUT2D eigenvalue weighted by molar-refractivity contribution is 5.76. The fourth-order valence-electron chi connectivity index (χ4n) is 3.92. The molecule has 1 amide bonds. The van der Waals surface area contributed by atoms with Crippen LogP contribution < -0.4 is 5.56 Å². The Kier molecular flexibility index (Phi) is 5.80. The molecule has 144 valence electrons. The Morgan fingerprint density at radius 1 is 1.08 bits per heavy atom. The minimum atomic E-state index is -0.0700. The maximum absolute atomic E-state index is 12.3. The van der Waals surface area contributed by atoms with Crippen LogP contribution in [0.15, 0.2) is 16.9 Å². The molecule has 0 aromatic carbocycles. The van der Waals surface area contributed by atoms with Crippen molar-refractivity contribution in [1.82, 2.24) is 19.6 Å². The van der Waals surface area contributed by atoms with Crippen molar-refractivity contribution in [2.75, 3.05) is 26.2 Å². The Morgan fingerprint density at radius 2 is 1.88 bits per heavy atom. The van der Waals surface area contributed by atoms with Gasteiger partial charge in [0.05, 0.1) is 12.2 Å². The first-order valence-electron chi connectivity index (χ1n) is 9.95. The molecule has 1 unspecified atom stereocenters. The van der Waals surface area contributed by atoms with Gasteiger partial charge in [0.15, 0.2) is 0 Å². The Bertz CT molecular complexity index is 692. The fraction of sp³-hybridized carbons (Fsp3) is 0.750. The van der Waals surface area contributed by atoms with Crippen molar-refractivity contribution in [2.45, 2.75) is 70.9 Å². The van der Waals surface area contributed by atoms with Crippen LogP contribution in [0.5, 0.6) is 0 Å². The first-order valence-corrected chi connectivity index (χ1v) is 9.95. The number of carbonyl (C=O) groups is 1. The van der Waals surface area contributed by atoms with Gasteiger partial charge in [0.2, 0.25) is 5.91 Å². The van der Waals surface area contributed by atoms with Gasteiger partial charge < -0.3 is 4.90 Å². The molecule has 0 N–H and O–H groups in total. The first kappa shape index (κ1) is 19.1. The highest BCUT2D eigenvalue weighted by atomic mass is 16.2. The molecule has 2 aliphatic rings. The maximum Gasteiger partial charge on any atom is 0.266 e. The lowest BCUT2D eigenvalue weighted by atomic mass is 9.92. The van der Waals surface area contributed by atoms with Gasteiger partial charge in [-0.25, -0.2) is 4.68 Å². The molecule has 3 rings (SSSR count). The lowest BCUT2D eigenvalue weighted by Crippen LogP contribution is -2.44. The van der Waals surface area contributed by atoms with Gasteiger partial charge in [-0.15, -0.1) is 0 Å². The quantitative estimate of drug-likeness (QED) is 0.806. The lowest BCUT2D eigenvalue weighted by molar-refractivity contribution is -0.133. The lowest BCUT2D eigenvalue weighted by Gasteiger charge is -2.31. The van der Waals surface area contributed by atoms with Gasteiger partial charge in [-0.3, -0.25) is 14.5 Å². The van der Waals surface area contributed by atoms with Crippen LogP contribution in [0.2, 0.25) is 0 Å². The zero-order chi connectivity index (χ0) is 18.7. The van der Waals surface area contributed by atoms with Crippen LogP contribution >= 0.6 is 0 Å². The molecule has 1 atom stereocenters. The molecule has 0 saturated carbocycles. The van der Waals surface area contributed by atoms with Crippen LogP contribution in [-0.4, -0.2) is 57.7 Å². The SMILES string of the molecule is CC(C)(C)c1ccc(=O)n(CC2CCCN2CCN2CCCCC2=O)n1. The van der Waals surface area contributed by atoms with Gasteiger partial charge in [-0.1, -0.05) is 20.8 Å². The minimum absolute atomic E-state index is 0.0314. The molecule has 3 heterocycles. The normalized spacial score (nSPS) is 22.2. The van der Waals surface area contributed by atoms with E-state index in [1.165, 1.54) is 0 Å². The van der Waals surface area contributed by atoms with Crippen LogP contribution in [0.1, 0.15) is 58.6 Å². The van der Waals surface area contributed by atoms with E-state index in [0.29, 0.717) is 24.9 Å². The summed E-state index contributed by atoms with van der Waals surface area (Å²) in [4.78, 5) is 28.7. The Morgan fingerprint density at radius 3 is 2.62 bits per heavy atom. The van der Waals surface area contributed by atoms with Gasteiger partial charge in [0.25, 0.3) is 5.56 Å². The molecule has 0 radical (unpaired) electrons. The molecular formula is C20H32N4O2. The molecular weight excluding hydrogens is 328 g/mol. The molecule has 6 heteroatoms. The average molecular weight is 361 g/mol. The van der Waals surface area contributed by atoms with Crippen molar-refractivity contribution in [2.24, 2.45) is 0 Å². The molecule has 0 bridgehead atoms. The van der Waals surface area contributed by atoms with Crippen molar-refractivity contribution >= 4 is 5.91 Å². The molecule has 2 fully saturated rings. The Hall–Kier alpha value is -1.69. The van der Waals surface area contributed by atoms with E-state index < -0.39 is 0 Å². The standard InChI is InChI=1S/C20H32N4O2/c1-20(2,3)17-9-10-19(26)24(21-17)15-16-7-6-12-22(16)13-14-23-11-5-4-8-18(23)25/h9-10,16H,4-8,11-15H2,1-3H3. The van der Waals surface area contributed by atoms with Gasteiger partial charge in [-0.2, -0.15) is 5.10 Å². The van der Waals surface area contributed by atoms with E-state index >= 15 is 0 Å². The van der Waals surface area contributed by atoms with Gasteiger partial charge in [0, 0.05) is 43.6 Å². The van der Waals surface area contributed by atoms with Crippen molar-refractivity contribution < 1.29 is 4.79 Å². The number of piperidine rings is 1. The Balaban J connectivity index is 1.63. The van der Waals surface area contributed by atoms with Gasteiger partial charge in [0.1, 0.15) is 0 Å². The fourth-order valence-corrected chi connectivity index (χ4v) is 3.92. The highest BCUT2D eigenvalue weighted by Gasteiger charge is 2.27. The average Bonchev–Trinajstić information content (AvgIpc) is 3.02. The molecule has 6 nitrogen and oxygen atoms in total. The van der Waals surface area contributed by atoms with Crippen molar-refractivity contribution in [1.29, 1.82) is 0 Å². The number of rotatable bonds is 5. The summed E-state index contributed by atoms with van der Waals surface area (Å²) < 4.78 is 1.63. The number of hydrogen-bond donors (Lipinski definition) is 0. The smallest absolute Gasteiger partial charge is 0.266 e. The largest absolute Gasteiger partial charge is 0.341 e. The number of hydrogen-bond acceptors (Lipinski definition) is 4. The predicted molar refractivity (Wildman–Crippen MR) is 102 cm³/mol. The predicted octanol–water partition coefficient (Wildman–Crippen LogP) is 2.02. The molecule has 0 aliphatic carbocycles. The van der Waals surface area contributed by atoms with Crippen LogP contribution in [0.3, 0.4) is 0 Å². The van der Waals surface area contributed by atoms with Crippen LogP contribution in [0.4, 0.5) is 0 Å². The summed E-state index contributed by atoms with van der Waals surface area (Å²) in [6, 6.07) is 3.81. The van der Waals surface area contributed by atoms with E-state index in [-0.39, 0.29) is 11.0 Å². The molecule has 0 spiro atoms. The number of nitrogens with zero attached hydrogens (tertiary/aromatic N) is 4. The molecule has 1 aromatic rings. The van der Waals surface area contributed by atoms with E-state index in [4.69, 9.17) is 0 Å². The van der Waals surface area contributed by atoms with E-state index in [9.17, 15) is 9.59 Å². The zero-order valence-corrected chi connectivity index (χ0v) is 16.4. The Labute approximate surface area is 156 Å². The van der Waals surface area contributed by atoms with E-state index in [1.807, 2.05) is 11.0 Å². The van der Waals surface area contributed by atoms with Crippen molar-refractivity contribution in [3.8, 4) is 0 Å². The third-order valence-corrected chi connectivity index (χ3v) is 5.60. The minimum Gasteiger partial charge on any atom is -0.341 e. The van der Waals surface area contributed by atoms with Crippen molar-refractivity contribution in [3.05, 3.63) is 28.2 Å². The summed E-state index contributed by atoms with van der Waals surface area (Å²) in [5.41, 5.74) is 0.844. The maximum atomic E-state index is 12.3. The van der Waals surface area contributed by atoms with E-state index in [2.05, 4.69) is 30.8 Å². The van der Waals surface area contributed by atoms with Crippen LogP contribution in [0, 0.1) is 0 Å². The number of carbonyl (C=O) groups excluding carboxylic acids is 1. The molecule has 1 aromatic heterocycles. The van der Waals surface area contributed by atoms with E-state index in [1.54, 1.807) is 10.7 Å². The molecule has 26 heavy (non-hydrogen) atoms. The first-order chi connectivity index (χ1) is 12.3. The highest BCUT2D eigenvalue weighted by Crippen LogP contribution is 2.21. The van der Waals surface area contributed by atoms with Crippen LogP contribution in [-0.2, 0) is 16.8 Å². The number of aromatic nitrogens is 2. The third kappa shape index (κ3) is 4.53. The monoisotopic (exact) mass is 360 g/mol. The number of amides is 1. The molecule has 2 aliphatic heterocycles. The summed E-state index contributed by atoms with van der Waals surface area (Å²) >= 11 is 0. The zero-order valence-electron chi connectivity index (χ0n) is 16.4. The summed E-state index contributed by atoms with van der Waals surface area (Å²) in [7, 11) is 0. The second-order valence-corrected chi connectivity index (χ2v) is 8.66. The third-order valence-electron chi connectivity index (χ3n) is 5.60. The second kappa shape index (κ2) is 7.91. The summed E-state index contributed by atoms with van der Waals surface area (Å²) in [5, 5.41) is 4.62. The molecule has 2 saturated heterocycles. The van der Waals surface area contributed by atoms with Gasteiger partial charge in [-0.05, 0) is 38.3 Å².